The summed E-state index contributed by atoms with van der Waals surface area (Å²) in [5.74, 6) is 1.81. The number of nitrogens with one attached hydrogen (secondary N) is 1. The highest BCUT2D eigenvalue weighted by Crippen LogP contribution is 2.23. The van der Waals surface area contributed by atoms with Gasteiger partial charge in [-0.15, -0.1) is 0 Å². The van der Waals surface area contributed by atoms with Gasteiger partial charge in [-0.05, 0) is 37.1 Å². The summed E-state index contributed by atoms with van der Waals surface area (Å²) in [6.45, 7) is 5.64. The number of aromatic nitrogens is 1. The lowest BCUT2D eigenvalue weighted by atomic mass is 10.2. The summed E-state index contributed by atoms with van der Waals surface area (Å²) in [5, 5.41) is 3.25. The van der Waals surface area contributed by atoms with E-state index in [1.54, 1.807) is 0 Å². The minimum absolute atomic E-state index is 0.526. The Kier molecular flexibility index (Phi) is 5.41. The molecule has 0 saturated carbocycles. The second kappa shape index (κ2) is 7.29. The van der Waals surface area contributed by atoms with E-state index >= 15 is 0 Å². The van der Waals surface area contributed by atoms with Gasteiger partial charge in [-0.25, -0.2) is 4.98 Å². The number of hydrogen-bond donors (Lipinski definition) is 1. The zero-order chi connectivity index (χ0) is 14.4. The average Bonchev–Trinajstić information content (AvgIpc) is 2.47. The normalized spacial score (nSPS) is 10.3. The van der Waals surface area contributed by atoms with Crippen LogP contribution < -0.4 is 10.1 Å². The van der Waals surface area contributed by atoms with Crippen LogP contribution in [-0.4, -0.2) is 11.5 Å². The van der Waals surface area contributed by atoms with Crippen molar-refractivity contribution < 1.29 is 4.74 Å². The molecule has 4 heteroatoms. The summed E-state index contributed by atoms with van der Waals surface area (Å²) < 4.78 is 6.86. The Hall–Kier alpha value is -1.55. The Morgan fingerprint density at radius 1 is 1.25 bits per heavy atom. The SMILES string of the molecule is CCCNc1ccc(COc2cc(Br)ccc2C)cn1. The van der Waals surface area contributed by atoms with Crippen LogP contribution in [0.15, 0.2) is 41.0 Å². The molecule has 0 spiro atoms. The third-order valence-electron chi connectivity index (χ3n) is 2.93. The minimum atomic E-state index is 0.526. The zero-order valence-electron chi connectivity index (χ0n) is 11.8. The minimum Gasteiger partial charge on any atom is -0.489 e. The fourth-order valence-corrected chi connectivity index (χ4v) is 2.10. The predicted octanol–water partition coefficient (Wildman–Crippen LogP) is 4.55. The lowest BCUT2D eigenvalue weighted by Crippen LogP contribution is -2.03. The quantitative estimate of drug-likeness (QED) is 0.841. The number of halogens is 1. The van der Waals surface area contributed by atoms with Crippen molar-refractivity contribution in [1.29, 1.82) is 0 Å². The molecule has 0 aliphatic rings. The molecule has 1 N–H and O–H groups in total. The molecule has 0 radical (unpaired) electrons. The van der Waals surface area contributed by atoms with Crippen LogP contribution in [0.2, 0.25) is 0 Å². The van der Waals surface area contributed by atoms with E-state index in [9.17, 15) is 0 Å². The van der Waals surface area contributed by atoms with Gasteiger partial charge in [0, 0.05) is 22.8 Å². The van der Waals surface area contributed by atoms with Gasteiger partial charge in [0.25, 0.3) is 0 Å². The molecular weight excluding hydrogens is 316 g/mol. The molecule has 0 bridgehead atoms. The summed E-state index contributed by atoms with van der Waals surface area (Å²) >= 11 is 3.46. The van der Waals surface area contributed by atoms with Gasteiger partial charge in [0.2, 0.25) is 0 Å². The van der Waals surface area contributed by atoms with Crippen LogP contribution in [0, 0.1) is 6.92 Å². The van der Waals surface area contributed by atoms with E-state index in [-0.39, 0.29) is 0 Å². The van der Waals surface area contributed by atoms with Gasteiger partial charge in [-0.3, -0.25) is 0 Å². The van der Waals surface area contributed by atoms with Crippen LogP contribution >= 0.6 is 15.9 Å². The van der Waals surface area contributed by atoms with E-state index in [0.717, 1.165) is 40.1 Å². The molecule has 3 nitrogen and oxygen atoms in total. The van der Waals surface area contributed by atoms with Crippen molar-refractivity contribution in [2.75, 3.05) is 11.9 Å². The van der Waals surface area contributed by atoms with E-state index in [1.165, 1.54) is 0 Å². The molecule has 2 rings (SSSR count). The third-order valence-corrected chi connectivity index (χ3v) is 3.42. The molecule has 20 heavy (non-hydrogen) atoms. The van der Waals surface area contributed by atoms with Gasteiger partial charge in [0.15, 0.2) is 0 Å². The highest BCUT2D eigenvalue weighted by molar-refractivity contribution is 9.10. The van der Waals surface area contributed by atoms with E-state index in [0.29, 0.717) is 6.61 Å². The lowest BCUT2D eigenvalue weighted by Gasteiger charge is -2.10. The van der Waals surface area contributed by atoms with Crippen molar-refractivity contribution in [2.24, 2.45) is 0 Å². The number of anilines is 1. The van der Waals surface area contributed by atoms with Crippen LogP contribution in [0.4, 0.5) is 5.82 Å². The Bertz CT molecular complexity index is 555. The smallest absolute Gasteiger partial charge is 0.125 e. The first-order valence-electron chi connectivity index (χ1n) is 6.77. The molecule has 1 heterocycles. The lowest BCUT2D eigenvalue weighted by molar-refractivity contribution is 0.303. The van der Waals surface area contributed by atoms with Gasteiger partial charge < -0.3 is 10.1 Å². The van der Waals surface area contributed by atoms with Crippen molar-refractivity contribution >= 4 is 21.7 Å². The van der Waals surface area contributed by atoms with E-state index in [1.807, 2.05) is 43.5 Å². The number of rotatable bonds is 6. The highest BCUT2D eigenvalue weighted by Gasteiger charge is 2.02. The fraction of sp³-hybridized carbons (Fsp3) is 0.312. The first kappa shape index (κ1) is 14.9. The standard InChI is InChI=1S/C16H19BrN2O/c1-3-8-18-16-7-5-13(10-19-16)11-20-15-9-14(17)6-4-12(15)2/h4-7,9-10H,3,8,11H2,1-2H3,(H,18,19). The van der Waals surface area contributed by atoms with Crippen LogP contribution in [-0.2, 0) is 6.61 Å². The summed E-state index contributed by atoms with van der Waals surface area (Å²) in [5.41, 5.74) is 2.19. The largest absolute Gasteiger partial charge is 0.489 e. The third kappa shape index (κ3) is 4.23. The molecule has 0 fully saturated rings. The maximum atomic E-state index is 5.83. The highest BCUT2D eigenvalue weighted by atomic mass is 79.9. The summed E-state index contributed by atoms with van der Waals surface area (Å²) in [6.07, 6.45) is 2.94. The molecule has 0 unspecified atom stereocenters. The molecule has 1 aromatic heterocycles. The van der Waals surface area contributed by atoms with Crippen LogP contribution in [0.5, 0.6) is 5.75 Å². The van der Waals surface area contributed by atoms with Crippen LogP contribution in [0.25, 0.3) is 0 Å². The summed E-state index contributed by atoms with van der Waals surface area (Å²) in [7, 11) is 0. The number of aryl methyl sites for hydroxylation is 1. The van der Waals surface area contributed by atoms with E-state index in [4.69, 9.17) is 4.74 Å². The Morgan fingerprint density at radius 2 is 2.10 bits per heavy atom. The van der Waals surface area contributed by atoms with Crippen molar-refractivity contribution in [2.45, 2.75) is 26.9 Å². The summed E-state index contributed by atoms with van der Waals surface area (Å²) in [4.78, 5) is 4.37. The Labute approximate surface area is 128 Å². The number of hydrogen-bond acceptors (Lipinski definition) is 3. The van der Waals surface area contributed by atoms with Gasteiger partial charge in [-0.1, -0.05) is 35.0 Å². The number of pyridine rings is 1. The van der Waals surface area contributed by atoms with Crippen molar-refractivity contribution in [3.8, 4) is 5.75 Å². The molecule has 1 aromatic carbocycles. The maximum Gasteiger partial charge on any atom is 0.125 e. The average molecular weight is 335 g/mol. The van der Waals surface area contributed by atoms with Crippen LogP contribution in [0.1, 0.15) is 24.5 Å². The molecule has 106 valence electrons. The van der Waals surface area contributed by atoms with Gasteiger partial charge in [0.05, 0.1) is 0 Å². The van der Waals surface area contributed by atoms with Crippen molar-refractivity contribution in [3.05, 3.63) is 52.1 Å². The Balaban J connectivity index is 1.95. The number of ether oxygens (including phenoxy) is 1. The van der Waals surface area contributed by atoms with Crippen molar-refractivity contribution in [1.82, 2.24) is 4.98 Å². The van der Waals surface area contributed by atoms with Gasteiger partial charge in [-0.2, -0.15) is 0 Å². The topological polar surface area (TPSA) is 34.1 Å². The maximum absolute atomic E-state index is 5.83. The van der Waals surface area contributed by atoms with E-state index < -0.39 is 0 Å². The molecule has 0 atom stereocenters. The molecule has 0 amide bonds. The molecular formula is C16H19BrN2O. The number of nitrogens with zero attached hydrogens (tertiary/aromatic N) is 1. The second-order valence-electron chi connectivity index (χ2n) is 4.68. The van der Waals surface area contributed by atoms with E-state index in [2.05, 4.69) is 33.2 Å². The Morgan fingerprint density at radius 3 is 2.80 bits per heavy atom. The van der Waals surface area contributed by atoms with Gasteiger partial charge >= 0.3 is 0 Å². The zero-order valence-corrected chi connectivity index (χ0v) is 13.4. The van der Waals surface area contributed by atoms with Gasteiger partial charge in [0.1, 0.15) is 18.2 Å². The monoisotopic (exact) mass is 334 g/mol. The number of benzene rings is 1. The first-order valence-corrected chi connectivity index (χ1v) is 7.56. The fourth-order valence-electron chi connectivity index (χ4n) is 1.76. The molecule has 0 aliphatic carbocycles. The van der Waals surface area contributed by atoms with Crippen LogP contribution in [0.3, 0.4) is 0 Å². The second-order valence-corrected chi connectivity index (χ2v) is 5.59. The molecule has 2 aromatic rings. The van der Waals surface area contributed by atoms with Crippen molar-refractivity contribution in [3.63, 3.8) is 0 Å². The predicted molar refractivity (Wildman–Crippen MR) is 86.2 cm³/mol. The molecule has 0 aliphatic heterocycles. The first-order chi connectivity index (χ1) is 9.69. The summed E-state index contributed by atoms with van der Waals surface area (Å²) in [6, 6.07) is 10.1. The molecule has 0 saturated heterocycles.